The van der Waals surface area contributed by atoms with Gasteiger partial charge in [0.2, 0.25) is 10.0 Å². The van der Waals surface area contributed by atoms with Crippen molar-refractivity contribution in [3.05, 3.63) is 18.0 Å². The van der Waals surface area contributed by atoms with Gasteiger partial charge in [-0.15, -0.1) is 12.4 Å². The van der Waals surface area contributed by atoms with Crippen LogP contribution in [0.15, 0.2) is 21.7 Å². The summed E-state index contributed by atoms with van der Waals surface area (Å²) in [5, 5.41) is 7.97. The van der Waals surface area contributed by atoms with E-state index in [1.54, 1.807) is 6.07 Å². The molecule has 1 fully saturated rings. The third-order valence-corrected chi connectivity index (χ3v) is 6.22. The Kier molecular flexibility index (Phi) is 6.09. The molecule has 3 rings (SSSR count). The average Bonchev–Trinajstić information content (AvgIpc) is 2.95. The number of sulfonamides is 1. The van der Waals surface area contributed by atoms with Crippen LogP contribution in [0.4, 0.5) is 0 Å². The Balaban J connectivity index is 0.00000225. The molecular weight excluding hydrogens is 364 g/mol. The van der Waals surface area contributed by atoms with Crippen molar-refractivity contribution in [2.45, 2.75) is 51.0 Å². The van der Waals surface area contributed by atoms with Gasteiger partial charge >= 0.3 is 0 Å². The molecule has 0 radical (unpaired) electrons. The minimum atomic E-state index is -3.63. The van der Waals surface area contributed by atoms with Gasteiger partial charge in [0.05, 0.1) is 17.3 Å². The van der Waals surface area contributed by atoms with Crippen molar-refractivity contribution in [3.8, 4) is 0 Å². The van der Waals surface area contributed by atoms with E-state index in [2.05, 4.69) is 34.0 Å². The molecule has 2 N–H and O–H groups in total. The summed E-state index contributed by atoms with van der Waals surface area (Å²) in [7, 11) is -3.63. The van der Waals surface area contributed by atoms with E-state index in [0.29, 0.717) is 29.8 Å². The Bertz CT molecular complexity index is 835. The van der Waals surface area contributed by atoms with Gasteiger partial charge in [-0.3, -0.25) is 0 Å². The summed E-state index contributed by atoms with van der Waals surface area (Å²) < 4.78 is 33.1. The summed E-state index contributed by atoms with van der Waals surface area (Å²) in [4.78, 5) is 4.22. The van der Waals surface area contributed by atoms with Gasteiger partial charge in [-0.05, 0) is 37.3 Å². The molecule has 0 aliphatic carbocycles. The summed E-state index contributed by atoms with van der Waals surface area (Å²) in [5.41, 5.74) is 1.14. The van der Waals surface area contributed by atoms with E-state index in [1.807, 2.05) is 6.92 Å². The highest BCUT2D eigenvalue weighted by Crippen LogP contribution is 2.30. The van der Waals surface area contributed by atoms with E-state index in [-0.39, 0.29) is 28.8 Å². The molecule has 0 saturated carbocycles. The third-order valence-electron chi connectivity index (χ3n) is 4.83. The predicted octanol–water partition coefficient (Wildman–Crippen LogP) is 2.26. The molecule has 0 amide bonds. The van der Waals surface area contributed by atoms with Gasteiger partial charge in [-0.25, -0.2) is 18.1 Å². The number of hydrogen-bond donors (Lipinski definition) is 2. The molecule has 1 aliphatic rings. The van der Waals surface area contributed by atoms with E-state index in [1.165, 1.54) is 6.20 Å². The van der Waals surface area contributed by atoms with Crippen molar-refractivity contribution in [1.82, 2.24) is 20.2 Å². The molecule has 1 aliphatic heterocycles. The largest absolute Gasteiger partial charge is 0.336 e. The molecule has 140 valence electrons. The molecule has 0 spiro atoms. The molecule has 1 saturated heterocycles. The van der Waals surface area contributed by atoms with E-state index < -0.39 is 10.0 Å². The molecule has 2 aromatic heterocycles. The summed E-state index contributed by atoms with van der Waals surface area (Å²) in [6.45, 7) is 7.54. The van der Waals surface area contributed by atoms with Crippen LogP contribution in [0, 0.1) is 5.41 Å². The fourth-order valence-corrected chi connectivity index (χ4v) is 4.17. The van der Waals surface area contributed by atoms with E-state index in [0.717, 1.165) is 19.4 Å². The lowest BCUT2D eigenvalue weighted by molar-refractivity contribution is 0.181. The minimum absolute atomic E-state index is 0. The first-order chi connectivity index (χ1) is 11.3. The van der Waals surface area contributed by atoms with Gasteiger partial charge in [-0.1, -0.05) is 25.9 Å². The average molecular weight is 389 g/mol. The van der Waals surface area contributed by atoms with E-state index >= 15 is 0 Å². The number of aryl methyl sites for hydroxylation is 1. The van der Waals surface area contributed by atoms with Crippen molar-refractivity contribution in [2.24, 2.45) is 5.41 Å². The fourth-order valence-electron chi connectivity index (χ4n) is 3.16. The number of nitrogens with zero attached hydrogens (tertiary/aromatic N) is 2. The van der Waals surface area contributed by atoms with E-state index in [9.17, 15) is 8.42 Å². The maximum absolute atomic E-state index is 12.6. The van der Waals surface area contributed by atoms with Crippen molar-refractivity contribution in [2.75, 3.05) is 13.1 Å². The molecule has 3 heterocycles. The predicted molar refractivity (Wildman–Crippen MR) is 98.4 cm³/mol. The van der Waals surface area contributed by atoms with Crippen LogP contribution in [0.1, 0.15) is 39.3 Å². The minimum Gasteiger partial charge on any atom is -0.336 e. The van der Waals surface area contributed by atoms with Crippen LogP contribution in [0.25, 0.3) is 11.1 Å². The standard InChI is InChI=1S/C16H24N4O3S.ClH/c1-4-13-12-8-11(9-18-15(12)23-20-13)24(21,22)19-10-14-16(2,3)6-5-7-17-14;/h8-9,14,17,19H,4-7,10H2,1-3H3;1H. The molecule has 2 aromatic rings. The molecule has 0 bridgehead atoms. The first kappa shape index (κ1) is 20.1. The lowest BCUT2D eigenvalue weighted by atomic mass is 9.78. The second-order valence-electron chi connectivity index (χ2n) is 6.96. The van der Waals surface area contributed by atoms with Gasteiger partial charge in [-0.2, -0.15) is 0 Å². The second kappa shape index (κ2) is 7.57. The summed E-state index contributed by atoms with van der Waals surface area (Å²) >= 11 is 0. The monoisotopic (exact) mass is 388 g/mol. The number of halogens is 1. The number of piperidine rings is 1. The van der Waals surface area contributed by atoms with Crippen molar-refractivity contribution >= 4 is 33.5 Å². The van der Waals surface area contributed by atoms with E-state index in [4.69, 9.17) is 4.52 Å². The maximum Gasteiger partial charge on any atom is 0.258 e. The summed E-state index contributed by atoms with van der Waals surface area (Å²) in [6.07, 6.45) is 4.17. The Morgan fingerprint density at radius 3 is 2.88 bits per heavy atom. The maximum atomic E-state index is 12.6. The quantitative estimate of drug-likeness (QED) is 0.815. The second-order valence-corrected chi connectivity index (χ2v) is 8.72. The van der Waals surface area contributed by atoms with Crippen LogP contribution in [0.5, 0.6) is 0 Å². The number of hydrogen-bond acceptors (Lipinski definition) is 6. The van der Waals surface area contributed by atoms with Crippen LogP contribution in [-0.4, -0.2) is 37.7 Å². The first-order valence-electron chi connectivity index (χ1n) is 8.31. The summed E-state index contributed by atoms with van der Waals surface area (Å²) in [5.74, 6) is 0. The molecule has 1 unspecified atom stereocenters. The lowest BCUT2D eigenvalue weighted by Gasteiger charge is -2.39. The molecule has 25 heavy (non-hydrogen) atoms. The molecule has 0 aromatic carbocycles. The van der Waals surface area contributed by atoms with Gasteiger partial charge < -0.3 is 9.84 Å². The van der Waals surface area contributed by atoms with Crippen LogP contribution in [-0.2, 0) is 16.4 Å². The van der Waals surface area contributed by atoms with Crippen LogP contribution in [0.2, 0.25) is 0 Å². The highest BCUT2D eigenvalue weighted by molar-refractivity contribution is 7.89. The number of nitrogens with one attached hydrogen (secondary N) is 2. The van der Waals surface area contributed by atoms with Gasteiger partial charge in [0.25, 0.3) is 5.71 Å². The Morgan fingerprint density at radius 2 is 2.20 bits per heavy atom. The van der Waals surface area contributed by atoms with Gasteiger partial charge in [0, 0.05) is 12.6 Å². The Hall–Kier alpha value is -1.22. The number of rotatable bonds is 5. The van der Waals surface area contributed by atoms with Crippen molar-refractivity contribution < 1.29 is 12.9 Å². The SMILES string of the molecule is CCc1noc2ncc(S(=O)(=O)NCC3NCCCC3(C)C)cc12.Cl. The number of pyridine rings is 1. The normalized spacial score (nSPS) is 20.4. The zero-order valence-corrected chi connectivity index (χ0v) is 16.3. The van der Waals surface area contributed by atoms with Gasteiger partial charge in [0.1, 0.15) is 4.90 Å². The molecular formula is C16H25ClN4O3S. The molecule has 9 heteroatoms. The van der Waals surface area contributed by atoms with Crippen molar-refractivity contribution in [1.29, 1.82) is 0 Å². The highest BCUT2D eigenvalue weighted by atomic mass is 35.5. The number of fused-ring (bicyclic) bond motifs is 1. The van der Waals surface area contributed by atoms with Crippen LogP contribution in [0.3, 0.4) is 0 Å². The first-order valence-corrected chi connectivity index (χ1v) is 9.79. The van der Waals surface area contributed by atoms with Crippen LogP contribution >= 0.6 is 12.4 Å². The zero-order valence-electron chi connectivity index (χ0n) is 14.7. The number of aromatic nitrogens is 2. The zero-order chi connectivity index (χ0) is 17.4. The van der Waals surface area contributed by atoms with Gasteiger partial charge in [0.15, 0.2) is 0 Å². The third kappa shape index (κ3) is 4.13. The fraction of sp³-hybridized carbons (Fsp3) is 0.625. The highest BCUT2D eigenvalue weighted by Gasteiger charge is 2.32. The Labute approximate surface area is 154 Å². The van der Waals surface area contributed by atoms with Crippen LogP contribution < -0.4 is 10.0 Å². The van der Waals surface area contributed by atoms with Crippen molar-refractivity contribution in [3.63, 3.8) is 0 Å². The Morgan fingerprint density at radius 1 is 1.44 bits per heavy atom. The lowest BCUT2D eigenvalue weighted by Crippen LogP contribution is -2.52. The topological polar surface area (TPSA) is 97.1 Å². The smallest absolute Gasteiger partial charge is 0.258 e. The molecule has 1 atom stereocenters. The molecule has 7 nitrogen and oxygen atoms in total. The summed E-state index contributed by atoms with van der Waals surface area (Å²) in [6, 6.07) is 1.69.